The Morgan fingerprint density at radius 1 is 1.08 bits per heavy atom. The molecule has 7 nitrogen and oxygen atoms in total. The van der Waals surface area contributed by atoms with E-state index in [4.69, 9.17) is 9.47 Å². The molecule has 2 aliphatic heterocycles. The van der Waals surface area contributed by atoms with Crippen LogP contribution in [0.15, 0.2) is 54.7 Å². The van der Waals surface area contributed by atoms with Crippen LogP contribution in [-0.4, -0.2) is 45.3 Å². The minimum atomic E-state index is -1.10. The third-order valence-corrected chi connectivity index (χ3v) is 8.50. The molecule has 0 spiro atoms. The molecule has 3 heterocycles. The molecule has 1 unspecified atom stereocenters. The smallest absolute Gasteiger partial charge is 0.309 e. The number of rotatable bonds is 8. The van der Waals surface area contributed by atoms with Crippen molar-refractivity contribution in [2.24, 2.45) is 5.92 Å². The van der Waals surface area contributed by atoms with Crippen molar-refractivity contribution in [3.8, 4) is 22.8 Å². The molecule has 39 heavy (non-hydrogen) atoms. The number of pyridine rings is 1. The number of likely N-dealkylation sites (tertiary alicyclic amines) is 1. The number of hydrogen-bond donors (Lipinski definition) is 2. The minimum absolute atomic E-state index is 0.133. The molecule has 0 amide bonds. The molecular weight excluding hydrogens is 492 g/mol. The summed E-state index contributed by atoms with van der Waals surface area (Å²) < 4.78 is 11.9. The number of aliphatic hydroxyl groups excluding tert-OH is 1. The molecule has 2 N–H and O–H groups in total. The van der Waals surface area contributed by atoms with Crippen molar-refractivity contribution in [1.29, 1.82) is 0 Å². The maximum Gasteiger partial charge on any atom is 0.309 e. The van der Waals surface area contributed by atoms with E-state index < -0.39 is 18.0 Å². The number of carboxylic acid groups (broad SMARTS) is 1. The first-order valence-electron chi connectivity index (χ1n) is 13.8. The summed E-state index contributed by atoms with van der Waals surface area (Å²) in [7, 11) is 1.63. The van der Waals surface area contributed by atoms with Gasteiger partial charge >= 0.3 is 5.97 Å². The van der Waals surface area contributed by atoms with Crippen LogP contribution in [0.25, 0.3) is 11.1 Å². The van der Waals surface area contributed by atoms with Crippen molar-refractivity contribution in [2.45, 2.75) is 77.3 Å². The van der Waals surface area contributed by atoms with E-state index in [1.807, 2.05) is 30.3 Å². The predicted molar refractivity (Wildman–Crippen MR) is 150 cm³/mol. The second-order valence-corrected chi connectivity index (χ2v) is 11.0. The summed E-state index contributed by atoms with van der Waals surface area (Å²) in [5.74, 6) is -0.627. The van der Waals surface area contributed by atoms with Gasteiger partial charge in [0.1, 0.15) is 11.9 Å². The number of aromatic nitrogens is 1. The number of carbonyl (C=O) groups is 1. The maximum atomic E-state index is 11.4. The maximum absolute atomic E-state index is 11.4. The van der Waals surface area contributed by atoms with Crippen LogP contribution < -0.4 is 9.47 Å². The number of hydrogen-bond acceptors (Lipinski definition) is 6. The van der Waals surface area contributed by atoms with Crippen LogP contribution in [0.3, 0.4) is 0 Å². The normalized spacial score (nSPS) is 22.5. The lowest BCUT2D eigenvalue weighted by atomic mass is 9.90. The third kappa shape index (κ3) is 5.65. The molecule has 7 heteroatoms. The number of aliphatic hydroxyl groups is 1. The molecule has 1 saturated heterocycles. The Balaban J connectivity index is 1.48. The standard InChI is InChI=1S/C32H38N2O5/c1-19-5-6-20(2)34(19)18-26-15-23(24-13-14-33-30(17-24)38-4)9-11-27(26)28-12-10-22-7-8-25(16-29(22)39-28)31(35)21(3)32(36)37/h7-9,11,13-17,19-21,28,31,35H,5-6,10,12,18H2,1-4H3,(H,36,37)/t19-,20-,21+,28?,31-/m1/s1. The number of benzene rings is 2. The Labute approximate surface area is 230 Å². The van der Waals surface area contributed by atoms with Gasteiger partial charge in [0.05, 0.1) is 19.1 Å². The molecular formula is C32H38N2O5. The molecule has 2 aromatic carbocycles. The largest absolute Gasteiger partial charge is 0.485 e. The highest BCUT2D eigenvalue weighted by Gasteiger charge is 2.31. The molecule has 1 fully saturated rings. The second-order valence-electron chi connectivity index (χ2n) is 11.0. The third-order valence-electron chi connectivity index (χ3n) is 8.50. The van der Waals surface area contributed by atoms with Gasteiger partial charge in [0.2, 0.25) is 5.88 Å². The molecule has 5 rings (SSSR count). The highest BCUT2D eigenvalue weighted by atomic mass is 16.5. The zero-order valence-electron chi connectivity index (χ0n) is 23.1. The number of ether oxygens (including phenoxy) is 2. The van der Waals surface area contributed by atoms with E-state index in [0.29, 0.717) is 23.5 Å². The van der Waals surface area contributed by atoms with Crippen molar-refractivity contribution in [3.05, 3.63) is 77.0 Å². The molecule has 0 radical (unpaired) electrons. The first kappa shape index (κ1) is 27.2. The summed E-state index contributed by atoms with van der Waals surface area (Å²) in [4.78, 5) is 18.3. The zero-order valence-corrected chi connectivity index (χ0v) is 23.1. The lowest BCUT2D eigenvalue weighted by molar-refractivity contribution is -0.145. The molecule has 1 aromatic heterocycles. The van der Waals surface area contributed by atoms with Crippen molar-refractivity contribution in [3.63, 3.8) is 0 Å². The van der Waals surface area contributed by atoms with Crippen molar-refractivity contribution in [1.82, 2.24) is 9.88 Å². The number of fused-ring (bicyclic) bond motifs is 1. The van der Waals surface area contributed by atoms with E-state index in [0.717, 1.165) is 41.8 Å². The number of nitrogens with zero attached hydrogens (tertiary/aromatic N) is 2. The monoisotopic (exact) mass is 530 g/mol. The molecule has 206 valence electrons. The summed E-state index contributed by atoms with van der Waals surface area (Å²) in [6.45, 7) is 6.97. The quantitative estimate of drug-likeness (QED) is 0.372. The predicted octanol–water partition coefficient (Wildman–Crippen LogP) is 5.95. The lowest BCUT2D eigenvalue weighted by Crippen LogP contribution is -2.32. The second kappa shape index (κ2) is 11.4. The summed E-state index contributed by atoms with van der Waals surface area (Å²) in [5, 5.41) is 20.0. The molecule has 5 atom stereocenters. The summed E-state index contributed by atoms with van der Waals surface area (Å²) in [6.07, 6.45) is 4.64. The van der Waals surface area contributed by atoms with E-state index in [9.17, 15) is 15.0 Å². The molecule has 0 aliphatic carbocycles. The highest BCUT2D eigenvalue weighted by molar-refractivity contribution is 5.70. The van der Waals surface area contributed by atoms with Gasteiger partial charge in [-0.05, 0) is 98.0 Å². The van der Waals surface area contributed by atoms with Crippen LogP contribution in [0.1, 0.15) is 74.5 Å². The Kier molecular flexibility index (Phi) is 7.91. The highest BCUT2D eigenvalue weighted by Crippen LogP contribution is 2.40. The van der Waals surface area contributed by atoms with E-state index in [1.165, 1.54) is 30.9 Å². The lowest BCUT2D eigenvalue weighted by Gasteiger charge is -2.32. The van der Waals surface area contributed by atoms with Crippen LogP contribution in [0, 0.1) is 5.92 Å². The van der Waals surface area contributed by atoms with Gasteiger partial charge in [-0.3, -0.25) is 9.69 Å². The first-order chi connectivity index (χ1) is 18.7. The minimum Gasteiger partial charge on any atom is -0.485 e. The van der Waals surface area contributed by atoms with Gasteiger partial charge in [0, 0.05) is 30.9 Å². The van der Waals surface area contributed by atoms with E-state index in [1.54, 1.807) is 13.3 Å². The van der Waals surface area contributed by atoms with Crippen LogP contribution >= 0.6 is 0 Å². The molecule has 3 aromatic rings. The summed E-state index contributed by atoms with van der Waals surface area (Å²) in [6, 6.07) is 17.2. The first-order valence-corrected chi connectivity index (χ1v) is 13.8. The van der Waals surface area contributed by atoms with E-state index >= 15 is 0 Å². The van der Waals surface area contributed by atoms with E-state index in [2.05, 4.69) is 41.9 Å². The fourth-order valence-electron chi connectivity index (χ4n) is 5.91. The van der Waals surface area contributed by atoms with Gasteiger partial charge in [-0.25, -0.2) is 4.98 Å². The van der Waals surface area contributed by atoms with Crippen LogP contribution in [0.2, 0.25) is 0 Å². The van der Waals surface area contributed by atoms with Gasteiger partial charge < -0.3 is 19.7 Å². The van der Waals surface area contributed by atoms with Gasteiger partial charge in [-0.1, -0.05) is 24.3 Å². The Hall–Kier alpha value is -3.42. The van der Waals surface area contributed by atoms with Crippen molar-refractivity contribution < 1.29 is 24.5 Å². The SMILES string of the molecule is COc1cc(-c2ccc(C3CCc4ccc([C@H](O)[C@H](C)C(=O)O)cc4O3)c(CN3[C@H](C)CC[C@H]3C)c2)ccn1. The summed E-state index contributed by atoms with van der Waals surface area (Å²) >= 11 is 0. The van der Waals surface area contributed by atoms with Crippen LogP contribution in [0.5, 0.6) is 11.6 Å². The van der Waals surface area contributed by atoms with Crippen LogP contribution in [-0.2, 0) is 17.8 Å². The Bertz CT molecular complexity index is 1330. The number of aliphatic carboxylic acids is 1. The topological polar surface area (TPSA) is 92.1 Å². The van der Waals surface area contributed by atoms with Crippen molar-refractivity contribution in [2.75, 3.05) is 7.11 Å². The summed E-state index contributed by atoms with van der Waals surface area (Å²) in [5.41, 5.74) is 6.21. The molecule has 2 aliphatic rings. The average molecular weight is 531 g/mol. The fraction of sp³-hybridized carbons (Fsp3) is 0.438. The molecule has 0 saturated carbocycles. The zero-order chi connectivity index (χ0) is 27.7. The number of methoxy groups -OCH3 is 1. The van der Waals surface area contributed by atoms with Gasteiger partial charge in [0.25, 0.3) is 0 Å². The van der Waals surface area contributed by atoms with Gasteiger partial charge in [-0.2, -0.15) is 0 Å². The fourth-order valence-corrected chi connectivity index (χ4v) is 5.91. The van der Waals surface area contributed by atoms with Crippen molar-refractivity contribution >= 4 is 5.97 Å². The van der Waals surface area contributed by atoms with Gasteiger partial charge in [0.15, 0.2) is 0 Å². The molecule has 0 bridgehead atoms. The average Bonchev–Trinajstić information content (AvgIpc) is 3.27. The van der Waals surface area contributed by atoms with Crippen LogP contribution in [0.4, 0.5) is 0 Å². The number of carboxylic acids is 1. The van der Waals surface area contributed by atoms with Gasteiger partial charge in [-0.15, -0.1) is 0 Å². The Morgan fingerprint density at radius 3 is 2.54 bits per heavy atom. The Morgan fingerprint density at radius 2 is 1.82 bits per heavy atom. The number of aryl methyl sites for hydroxylation is 1. The van der Waals surface area contributed by atoms with E-state index in [-0.39, 0.29) is 6.10 Å².